The predicted molar refractivity (Wildman–Crippen MR) is 88.7 cm³/mol. The number of halogens is 1. The summed E-state index contributed by atoms with van der Waals surface area (Å²) in [7, 11) is 0. The van der Waals surface area contributed by atoms with Gasteiger partial charge in [0.2, 0.25) is 0 Å². The Hall–Kier alpha value is -0.670. The monoisotopic (exact) mass is 308 g/mol. The molecule has 1 aliphatic rings. The molecule has 4 heteroatoms. The van der Waals surface area contributed by atoms with Crippen molar-refractivity contribution in [1.82, 2.24) is 9.55 Å². The molecule has 2 aromatic rings. The first kappa shape index (κ1) is 14.3. The molecule has 0 spiro atoms. The molecule has 20 heavy (non-hydrogen) atoms. The Kier molecular flexibility index (Phi) is 4.00. The number of hydrogen-bond donors (Lipinski definition) is 0. The van der Waals surface area contributed by atoms with E-state index in [1.807, 2.05) is 11.8 Å². The second-order valence-electron chi connectivity index (χ2n) is 5.83. The normalized spacial score (nSPS) is 17.9. The molecule has 2 nitrogen and oxygen atoms in total. The fourth-order valence-corrected chi connectivity index (χ4v) is 4.45. The molecule has 1 aromatic carbocycles. The van der Waals surface area contributed by atoms with Crippen LogP contribution in [0, 0.1) is 6.92 Å². The van der Waals surface area contributed by atoms with Crippen LogP contribution in [0.1, 0.15) is 37.1 Å². The molecule has 1 fully saturated rings. The quantitative estimate of drug-likeness (QED) is 0.758. The van der Waals surface area contributed by atoms with Crippen molar-refractivity contribution >= 4 is 34.4 Å². The fourth-order valence-electron chi connectivity index (χ4n) is 3.30. The van der Waals surface area contributed by atoms with Gasteiger partial charge in [-0.3, -0.25) is 0 Å². The van der Waals surface area contributed by atoms with Gasteiger partial charge in [0.05, 0.1) is 16.9 Å². The fraction of sp³-hybridized carbons (Fsp3) is 0.562. The number of fused-ring (bicyclic) bond motifs is 1. The zero-order valence-electron chi connectivity index (χ0n) is 12.2. The highest BCUT2D eigenvalue weighted by atomic mass is 35.5. The summed E-state index contributed by atoms with van der Waals surface area (Å²) < 4.78 is 2.73. The van der Waals surface area contributed by atoms with Gasteiger partial charge in [-0.1, -0.05) is 18.9 Å². The summed E-state index contributed by atoms with van der Waals surface area (Å²) in [5, 5.41) is 0. The Labute approximate surface area is 129 Å². The average molecular weight is 309 g/mol. The lowest BCUT2D eigenvalue weighted by Crippen LogP contribution is -2.27. The van der Waals surface area contributed by atoms with Crippen LogP contribution in [0.15, 0.2) is 18.2 Å². The second-order valence-corrected chi connectivity index (χ2v) is 7.38. The van der Waals surface area contributed by atoms with Crippen LogP contribution in [-0.4, -0.2) is 20.6 Å². The summed E-state index contributed by atoms with van der Waals surface area (Å²) in [6.07, 6.45) is 7.56. The first-order chi connectivity index (χ1) is 9.67. The van der Waals surface area contributed by atoms with Crippen molar-refractivity contribution in [3.05, 3.63) is 29.6 Å². The number of aryl methyl sites for hydroxylation is 1. The van der Waals surface area contributed by atoms with Crippen molar-refractivity contribution in [3.63, 3.8) is 0 Å². The van der Waals surface area contributed by atoms with Gasteiger partial charge in [0.15, 0.2) is 0 Å². The van der Waals surface area contributed by atoms with Crippen LogP contribution in [0.2, 0.25) is 0 Å². The molecule has 1 saturated carbocycles. The molecule has 108 valence electrons. The Morgan fingerprint density at radius 3 is 2.75 bits per heavy atom. The maximum atomic E-state index is 6.13. The molecular formula is C16H21ClN2S. The van der Waals surface area contributed by atoms with Crippen molar-refractivity contribution in [2.45, 2.75) is 49.8 Å². The lowest BCUT2D eigenvalue weighted by Gasteiger charge is -2.28. The summed E-state index contributed by atoms with van der Waals surface area (Å²) >= 11 is 8.15. The highest BCUT2D eigenvalue weighted by molar-refractivity contribution is 8.00. The number of rotatable bonds is 4. The molecule has 0 amide bonds. The Bertz CT molecular complexity index is 614. The third-order valence-electron chi connectivity index (χ3n) is 4.50. The number of benzene rings is 1. The molecule has 0 bridgehead atoms. The van der Waals surface area contributed by atoms with E-state index in [1.54, 1.807) is 0 Å². The van der Waals surface area contributed by atoms with Gasteiger partial charge < -0.3 is 4.57 Å². The van der Waals surface area contributed by atoms with Crippen LogP contribution in [0.25, 0.3) is 11.0 Å². The number of aromatic nitrogens is 2. The van der Waals surface area contributed by atoms with E-state index < -0.39 is 0 Å². The van der Waals surface area contributed by atoms with E-state index in [0.717, 1.165) is 17.9 Å². The average Bonchev–Trinajstić information content (AvgIpc) is 3.05. The van der Waals surface area contributed by atoms with E-state index >= 15 is 0 Å². The Balaban J connectivity index is 2.06. The van der Waals surface area contributed by atoms with Gasteiger partial charge in [0.25, 0.3) is 0 Å². The number of imidazole rings is 1. The van der Waals surface area contributed by atoms with E-state index in [2.05, 4.69) is 35.9 Å². The number of nitrogens with zero attached hydrogens (tertiary/aromatic N) is 2. The molecule has 0 radical (unpaired) electrons. The minimum atomic E-state index is 0.373. The molecule has 1 heterocycles. The maximum absolute atomic E-state index is 6.13. The Morgan fingerprint density at radius 2 is 2.10 bits per heavy atom. The minimum absolute atomic E-state index is 0.373. The molecule has 0 aliphatic heterocycles. The smallest absolute Gasteiger partial charge is 0.124 e. The van der Waals surface area contributed by atoms with E-state index in [4.69, 9.17) is 16.6 Å². The lowest BCUT2D eigenvalue weighted by molar-refractivity contribution is 0.505. The van der Waals surface area contributed by atoms with Gasteiger partial charge in [-0.05, 0) is 43.7 Å². The van der Waals surface area contributed by atoms with Crippen molar-refractivity contribution in [3.8, 4) is 0 Å². The summed E-state index contributed by atoms with van der Waals surface area (Å²) in [4.78, 5) is 4.70. The molecule has 0 unspecified atom stereocenters. The van der Waals surface area contributed by atoms with Crippen LogP contribution < -0.4 is 0 Å². The third kappa shape index (κ3) is 2.46. The maximum Gasteiger partial charge on any atom is 0.124 e. The van der Waals surface area contributed by atoms with Gasteiger partial charge in [-0.15, -0.1) is 11.6 Å². The van der Waals surface area contributed by atoms with Gasteiger partial charge in [0.1, 0.15) is 5.82 Å². The lowest BCUT2D eigenvalue weighted by atomic mass is 10.1. The second kappa shape index (κ2) is 5.61. The largest absolute Gasteiger partial charge is 0.326 e. The molecule has 1 aromatic heterocycles. The number of hydrogen-bond acceptors (Lipinski definition) is 2. The topological polar surface area (TPSA) is 17.8 Å². The van der Waals surface area contributed by atoms with E-state index in [0.29, 0.717) is 10.6 Å². The summed E-state index contributed by atoms with van der Waals surface area (Å²) in [5.41, 5.74) is 3.59. The van der Waals surface area contributed by atoms with Crippen LogP contribution >= 0.6 is 23.4 Å². The van der Waals surface area contributed by atoms with Gasteiger partial charge >= 0.3 is 0 Å². The highest BCUT2D eigenvalue weighted by Crippen LogP contribution is 2.42. The zero-order valence-corrected chi connectivity index (χ0v) is 13.7. The highest BCUT2D eigenvalue weighted by Gasteiger charge is 2.34. The van der Waals surface area contributed by atoms with Crippen molar-refractivity contribution in [1.29, 1.82) is 0 Å². The van der Waals surface area contributed by atoms with Crippen LogP contribution in [-0.2, 0) is 12.4 Å². The van der Waals surface area contributed by atoms with Crippen molar-refractivity contribution < 1.29 is 0 Å². The number of alkyl halides is 1. The molecular weight excluding hydrogens is 288 g/mol. The van der Waals surface area contributed by atoms with Crippen LogP contribution in [0.5, 0.6) is 0 Å². The van der Waals surface area contributed by atoms with E-state index in [-0.39, 0.29) is 0 Å². The van der Waals surface area contributed by atoms with Crippen LogP contribution in [0.4, 0.5) is 0 Å². The minimum Gasteiger partial charge on any atom is -0.326 e. The standard InChI is InChI=1S/C16H21ClN2S/c1-12-5-6-13-14(9-12)19(15(10-17)18-13)11-16(20-2)7-3-4-8-16/h5-6,9H,3-4,7-8,10-11H2,1-2H3. The molecule has 0 N–H and O–H groups in total. The van der Waals surface area contributed by atoms with E-state index in [9.17, 15) is 0 Å². The predicted octanol–water partition coefficient (Wildman–Crippen LogP) is 4.76. The van der Waals surface area contributed by atoms with Gasteiger partial charge in [-0.25, -0.2) is 4.98 Å². The summed E-state index contributed by atoms with van der Waals surface area (Å²) in [6, 6.07) is 6.47. The SMILES string of the molecule is CSC1(Cn2c(CCl)nc3ccc(C)cc32)CCCC1. The molecule has 0 atom stereocenters. The number of thioether (sulfide) groups is 1. The van der Waals surface area contributed by atoms with Crippen LogP contribution in [0.3, 0.4) is 0 Å². The Morgan fingerprint density at radius 1 is 1.35 bits per heavy atom. The van der Waals surface area contributed by atoms with Gasteiger partial charge in [-0.2, -0.15) is 11.8 Å². The molecule has 3 rings (SSSR count). The van der Waals surface area contributed by atoms with Gasteiger partial charge in [0, 0.05) is 11.3 Å². The zero-order chi connectivity index (χ0) is 14.2. The first-order valence-electron chi connectivity index (χ1n) is 7.24. The summed E-state index contributed by atoms with van der Waals surface area (Å²) in [6.45, 7) is 3.17. The van der Waals surface area contributed by atoms with Crippen molar-refractivity contribution in [2.75, 3.05) is 6.26 Å². The van der Waals surface area contributed by atoms with Crippen molar-refractivity contribution in [2.24, 2.45) is 0 Å². The molecule has 1 aliphatic carbocycles. The third-order valence-corrected chi connectivity index (χ3v) is 6.14. The summed E-state index contributed by atoms with van der Waals surface area (Å²) in [5.74, 6) is 1.49. The molecule has 0 saturated heterocycles. The van der Waals surface area contributed by atoms with E-state index in [1.165, 1.54) is 36.8 Å². The first-order valence-corrected chi connectivity index (χ1v) is 9.00.